The van der Waals surface area contributed by atoms with Crippen molar-refractivity contribution < 1.29 is 14.3 Å². The molecule has 0 N–H and O–H groups in total. The molecule has 0 radical (unpaired) electrons. The fourth-order valence-electron chi connectivity index (χ4n) is 2.67. The lowest BCUT2D eigenvalue weighted by Gasteiger charge is -2.35. The minimum absolute atomic E-state index is 0.0250. The number of hydrogen-bond acceptors (Lipinski definition) is 3. The standard InChI is InChI=1S/C19H21NO3/c1-15(23-17-10-6-3-7-11-17)18-13-20(19(21)14-22-18)12-16-8-4-2-5-9-16/h2-11,15,18H,12-14H2,1H3. The van der Waals surface area contributed by atoms with Gasteiger partial charge in [-0.25, -0.2) is 0 Å². The van der Waals surface area contributed by atoms with E-state index in [1.54, 1.807) is 0 Å². The number of nitrogens with zero attached hydrogens (tertiary/aromatic N) is 1. The van der Waals surface area contributed by atoms with Crippen LogP contribution in [0.15, 0.2) is 60.7 Å². The zero-order valence-electron chi connectivity index (χ0n) is 13.2. The van der Waals surface area contributed by atoms with E-state index in [4.69, 9.17) is 9.47 Å². The summed E-state index contributed by atoms with van der Waals surface area (Å²) in [6.07, 6.45) is -0.250. The SMILES string of the molecule is CC(Oc1ccccc1)C1CN(Cc2ccccc2)C(=O)CO1. The fraction of sp³-hybridized carbons (Fsp3) is 0.316. The first-order valence-corrected chi connectivity index (χ1v) is 7.87. The molecule has 1 saturated heterocycles. The summed E-state index contributed by atoms with van der Waals surface area (Å²) in [6.45, 7) is 3.24. The number of rotatable bonds is 5. The Bertz CT molecular complexity index is 630. The summed E-state index contributed by atoms with van der Waals surface area (Å²) >= 11 is 0. The minimum Gasteiger partial charge on any atom is -0.488 e. The molecule has 1 aliphatic rings. The molecule has 2 atom stereocenters. The van der Waals surface area contributed by atoms with Gasteiger partial charge in [-0.2, -0.15) is 0 Å². The van der Waals surface area contributed by atoms with Crippen LogP contribution in [-0.2, 0) is 16.1 Å². The third-order valence-electron chi connectivity index (χ3n) is 3.98. The Morgan fingerprint density at radius 1 is 1.13 bits per heavy atom. The van der Waals surface area contributed by atoms with Gasteiger partial charge in [0.05, 0.1) is 6.54 Å². The van der Waals surface area contributed by atoms with E-state index < -0.39 is 0 Å². The zero-order valence-corrected chi connectivity index (χ0v) is 13.2. The van der Waals surface area contributed by atoms with Gasteiger partial charge in [-0.3, -0.25) is 4.79 Å². The fourth-order valence-corrected chi connectivity index (χ4v) is 2.67. The van der Waals surface area contributed by atoms with E-state index in [9.17, 15) is 4.79 Å². The van der Waals surface area contributed by atoms with Crippen LogP contribution in [0.25, 0.3) is 0 Å². The van der Waals surface area contributed by atoms with Crippen molar-refractivity contribution in [2.75, 3.05) is 13.2 Å². The predicted molar refractivity (Wildman–Crippen MR) is 88.1 cm³/mol. The molecule has 0 spiro atoms. The lowest BCUT2D eigenvalue weighted by atomic mass is 10.1. The number of carbonyl (C=O) groups is 1. The molecule has 1 fully saturated rings. The molecule has 23 heavy (non-hydrogen) atoms. The highest BCUT2D eigenvalue weighted by atomic mass is 16.5. The van der Waals surface area contributed by atoms with Crippen LogP contribution in [0.4, 0.5) is 0 Å². The van der Waals surface area contributed by atoms with Gasteiger partial charge in [-0.15, -0.1) is 0 Å². The van der Waals surface area contributed by atoms with Crippen LogP contribution in [0.1, 0.15) is 12.5 Å². The van der Waals surface area contributed by atoms with Crippen molar-refractivity contribution in [3.05, 3.63) is 66.2 Å². The van der Waals surface area contributed by atoms with Gasteiger partial charge in [0.2, 0.25) is 5.91 Å². The number of para-hydroxylation sites is 1. The summed E-state index contributed by atoms with van der Waals surface area (Å²) < 4.78 is 11.6. The van der Waals surface area contributed by atoms with E-state index in [0.717, 1.165) is 11.3 Å². The second-order valence-corrected chi connectivity index (χ2v) is 5.75. The average molecular weight is 311 g/mol. The number of ether oxygens (including phenoxy) is 2. The molecule has 4 nitrogen and oxygen atoms in total. The minimum atomic E-state index is -0.128. The Hall–Kier alpha value is -2.33. The second kappa shape index (κ2) is 7.29. The largest absolute Gasteiger partial charge is 0.488 e. The van der Waals surface area contributed by atoms with Gasteiger partial charge in [0.1, 0.15) is 24.6 Å². The van der Waals surface area contributed by atoms with E-state index in [2.05, 4.69) is 0 Å². The summed E-state index contributed by atoms with van der Waals surface area (Å²) in [5, 5.41) is 0. The molecular formula is C19H21NO3. The predicted octanol–water partition coefficient (Wildman–Crippen LogP) is 2.88. The number of hydrogen-bond donors (Lipinski definition) is 0. The zero-order chi connectivity index (χ0) is 16.1. The van der Waals surface area contributed by atoms with Gasteiger partial charge in [-0.05, 0) is 24.6 Å². The van der Waals surface area contributed by atoms with Crippen LogP contribution in [0.3, 0.4) is 0 Å². The molecule has 120 valence electrons. The van der Waals surface area contributed by atoms with Crippen molar-refractivity contribution in [2.45, 2.75) is 25.7 Å². The normalized spacial score (nSPS) is 19.4. The summed E-state index contributed by atoms with van der Waals surface area (Å²) in [6, 6.07) is 19.7. The van der Waals surface area contributed by atoms with E-state index in [1.165, 1.54) is 0 Å². The van der Waals surface area contributed by atoms with Crippen molar-refractivity contribution in [2.24, 2.45) is 0 Å². The van der Waals surface area contributed by atoms with Crippen LogP contribution in [0.5, 0.6) is 5.75 Å². The molecule has 2 aromatic rings. The Labute approximate surface area is 136 Å². The molecule has 0 bridgehead atoms. The monoisotopic (exact) mass is 311 g/mol. The highest BCUT2D eigenvalue weighted by Gasteiger charge is 2.31. The van der Waals surface area contributed by atoms with Crippen LogP contribution < -0.4 is 4.74 Å². The molecule has 2 unspecified atom stereocenters. The average Bonchev–Trinajstić information content (AvgIpc) is 2.58. The van der Waals surface area contributed by atoms with Crippen molar-refractivity contribution in [1.29, 1.82) is 0 Å². The van der Waals surface area contributed by atoms with Gasteiger partial charge >= 0.3 is 0 Å². The molecule has 2 aromatic carbocycles. The van der Waals surface area contributed by atoms with Crippen LogP contribution in [0.2, 0.25) is 0 Å². The molecule has 0 aliphatic carbocycles. The summed E-state index contributed by atoms with van der Waals surface area (Å²) in [4.78, 5) is 13.9. The highest BCUT2D eigenvalue weighted by molar-refractivity contribution is 5.78. The first-order chi connectivity index (χ1) is 11.2. The topological polar surface area (TPSA) is 38.8 Å². The van der Waals surface area contributed by atoms with Gasteiger partial charge in [0.25, 0.3) is 0 Å². The van der Waals surface area contributed by atoms with Crippen LogP contribution >= 0.6 is 0 Å². The van der Waals surface area contributed by atoms with Crippen molar-refractivity contribution >= 4 is 5.91 Å². The number of benzene rings is 2. The molecule has 0 aromatic heterocycles. The molecule has 4 heteroatoms. The highest BCUT2D eigenvalue weighted by Crippen LogP contribution is 2.18. The molecule has 0 saturated carbocycles. The number of carbonyl (C=O) groups excluding carboxylic acids is 1. The first-order valence-electron chi connectivity index (χ1n) is 7.87. The van der Waals surface area contributed by atoms with Crippen molar-refractivity contribution in [3.63, 3.8) is 0 Å². The van der Waals surface area contributed by atoms with Gasteiger partial charge in [-0.1, -0.05) is 48.5 Å². The van der Waals surface area contributed by atoms with E-state index >= 15 is 0 Å². The molecule has 3 rings (SSSR count). The maximum absolute atomic E-state index is 12.1. The van der Waals surface area contributed by atoms with E-state index in [-0.39, 0.29) is 24.7 Å². The Morgan fingerprint density at radius 2 is 1.78 bits per heavy atom. The van der Waals surface area contributed by atoms with Crippen molar-refractivity contribution in [1.82, 2.24) is 4.90 Å². The van der Waals surface area contributed by atoms with Gasteiger partial charge in [0.15, 0.2) is 0 Å². The number of morpholine rings is 1. The molecular weight excluding hydrogens is 290 g/mol. The number of amides is 1. The third-order valence-corrected chi connectivity index (χ3v) is 3.98. The van der Waals surface area contributed by atoms with E-state index in [0.29, 0.717) is 13.1 Å². The Balaban J connectivity index is 1.62. The molecule has 1 amide bonds. The first kappa shape index (κ1) is 15.6. The smallest absolute Gasteiger partial charge is 0.248 e. The van der Waals surface area contributed by atoms with Crippen LogP contribution in [0, 0.1) is 0 Å². The second-order valence-electron chi connectivity index (χ2n) is 5.75. The van der Waals surface area contributed by atoms with E-state index in [1.807, 2.05) is 72.5 Å². The molecule has 1 aliphatic heterocycles. The maximum atomic E-state index is 12.1. The Kier molecular flexibility index (Phi) is 4.93. The summed E-state index contributed by atoms with van der Waals surface area (Å²) in [5.41, 5.74) is 1.12. The lowest BCUT2D eigenvalue weighted by molar-refractivity contribution is -0.155. The third kappa shape index (κ3) is 4.11. The summed E-state index contributed by atoms with van der Waals surface area (Å²) in [7, 11) is 0. The van der Waals surface area contributed by atoms with Crippen molar-refractivity contribution in [3.8, 4) is 5.75 Å². The maximum Gasteiger partial charge on any atom is 0.248 e. The van der Waals surface area contributed by atoms with Gasteiger partial charge in [0, 0.05) is 6.54 Å². The van der Waals surface area contributed by atoms with Gasteiger partial charge < -0.3 is 14.4 Å². The lowest BCUT2D eigenvalue weighted by Crippen LogP contribution is -2.51. The summed E-state index contributed by atoms with van der Waals surface area (Å²) in [5.74, 6) is 0.840. The quantitative estimate of drug-likeness (QED) is 0.852. The molecule has 1 heterocycles. The van der Waals surface area contributed by atoms with Crippen LogP contribution in [-0.4, -0.2) is 36.2 Å². The Morgan fingerprint density at radius 3 is 2.48 bits per heavy atom.